The molecule has 1 amide bonds. The number of ether oxygens (including phenoxy) is 1. The first-order valence-corrected chi connectivity index (χ1v) is 6.83. The maximum Gasteiger partial charge on any atom is 0.244 e. The van der Waals surface area contributed by atoms with Crippen LogP contribution in [-0.4, -0.2) is 29.6 Å². The minimum Gasteiger partial charge on any atom is -0.378 e. The smallest absolute Gasteiger partial charge is 0.244 e. The van der Waals surface area contributed by atoms with Crippen LogP contribution in [0.4, 0.5) is 0 Å². The van der Waals surface area contributed by atoms with Crippen LogP contribution in [0.25, 0.3) is 6.08 Å². The van der Waals surface area contributed by atoms with E-state index in [9.17, 15) is 4.79 Å². The third-order valence-electron chi connectivity index (χ3n) is 4.71. The zero-order chi connectivity index (χ0) is 14.8. The second kappa shape index (κ2) is 5.37. The molecule has 4 heteroatoms. The van der Waals surface area contributed by atoms with Gasteiger partial charge in [0.05, 0.1) is 5.60 Å². The van der Waals surface area contributed by atoms with E-state index >= 15 is 0 Å². The maximum atomic E-state index is 11.9. The van der Waals surface area contributed by atoms with Crippen LogP contribution >= 0.6 is 0 Å². The normalized spacial score (nSPS) is 28.1. The van der Waals surface area contributed by atoms with Crippen molar-refractivity contribution in [3.05, 3.63) is 36.2 Å². The molecule has 0 saturated heterocycles. The van der Waals surface area contributed by atoms with Crippen LogP contribution in [0.15, 0.2) is 30.6 Å². The first kappa shape index (κ1) is 14.7. The van der Waals surface area contributed by atoms with E-state index in [0.29, 0.717) is 0 Å². The molecule has 0 radical (unpaired) electrons. The Kier molecular flexibility index (Phi) is 3.95. The molecular formula is C16H22N2O2. The van der Waals surface area contributed by atoms with Crippen LogP contribution in [0, 0.1) is 5.41 Å². The Morgan fingerprint density at radius 3 is 2.80 bits per heavy atom. The fourth-order valence-corrected chi connectivity index (χ4v) is 2.59. The van der Waals surface area contributed by atoms with E-state index in [0.717, 1.165) is 12.0 Å². The van der Waals surface area contributed by atoms with Crippen molar-refractivity contribution in [1.82, 2.24) is 10.3 Å². The summed E-state index contributed by atoms with van der Waals surface area (Å²) in [5.74, 6) is -0.0786. The Hall–Kier alpha value is -1.68. The molecule has 1 fully saturated rings. The first-order chi connectivity index (χ1) is 9.39. The van der Waals surface area contributed by atoms with Gasteiger partial charge in [-0.3, -0.25) is 9.78 Å². The predicted molar refractivity (Wildman–Crippen MR) is 79.0 cm³/mol. The molecule has 2 atom stereocenters. The second-order valence-corrected chi connectivity index (χ2v) is 6.04. The fourth-order valence-electron chi connectivity index (χ4n) is 2.59. The van der Waals surface area contributed by atoms with Crippen LogP contribution in [0.5, 0.6) is 0 Å². The second-order valence-electron chi connectivity index (χ2n) is 6.04. The number of methoxy groups -OCH3 is 1. The summed E-state index contributed by atoms with van der Waals surface area (Å²) in [5, 5.41) is 3.04. The topological polar surface area (TPSA) is 51.2 Å². The van der Waals surface area contributed by atoms with Gasteiger partial charge < -0.3 is 10.1 Å². The van der Waals surface area contributed by atoms with Crippen molar-refractivity contribution in [1.29, 1.82) is 0 Å². The number of carbonyl (C=O) groups excluding carboxylic acids is 1. The Morgan fingerprint density at radius 2 is 2.25 bits per heavy atom. The maximum absolute atomic E-state index is 11.9. The molecule has 0 spiro atoms. The fraction of sp³-hybridized carbons (Fsp3) is 0.500. The lowest BCUT2D eigenvalue weighted by Gasteiger charge is -2.59. The van der Waals surface area contributed by atoms with Gasteiger partial charge in [-0.05, 0) is 31.1 Å². The average Bonchev–Trinajstić information content (AvgIpc) is 2.45. The molecule has 0 bridgehead atoms. The van der Waals surface area contributed by atoms with Gasteiger partial charge in [0.25, 0.3) is 0 Å². The number of carbonyl (C=O) groups is 1. The summed E-state index contributed by atoms with van der Waals surface area (Å²) in [5.41, 5.74) is 0.676. The van der Waals surface area contributed by atoms with Crippen LogP contribution in [0.1, 0.15) is 32.8 Å². The number of amides is 1. The van der Waals surface area contributed by atoms with Gasteiger partial charge >= 0.3 is 0 Å². The van der Waals surface area contributed by atoms with Crippen molar-refractivity contribution >= 4 is 12.0 Å². The van der Waals surface area contributed by atoms with E-state index in [4.69, 9.17) is 4.74 Å². The average molecular weight is 274 g/mol. The van der Waals surface area contributed by atoms with Crippen LogP contribution in [-0.2, 0) is 9.53 Å². The van der Waals surface area contributed by atoms with Crippen molar-refractivity contribution < 1.29 is 9.53 Å². The highest BCUT2D eigenvalue weighted by Crippen LogP contribution is 2.51. The number of rotatable bonds is 4. The quantitative estimate of drug-likeness (QED) is 0.858. The van der Waals surface area contributed by atoms with Crippen molar-refractivity contribution in [2.45, 2.75) is 38.8 Å². The molecule has 1 N–H and O–H groups in total. The molecule has 1 aromatic rings. The molecule has 1 heterocycles. The predicted octanol–water partition coefficient (Wildman–Crippen LogP) is 2.41. The first-order valence-electron chi connectivity index (χ1n) is 6.83. The summed E-state index contributed by atoms with van der Waals surface area (Å²) < 4.78 is 5.55. The molecular weight excluding hydrogens is 252 g/mol. The minimum atomic E-state index is -0.169. The van der Waals surface area contributed by atoms with Gasteiger partial charge in [0.2, 0.25) is 5.91 Å². The molecule has 2 rings (SSSR count). The standard InChI is InChI=1S/C16H22N2O2/c1-15(2)13(10-16(15,3)20-4)18-14(19)8-7-12-6-5-9-17-11-12/h5-9,11,13H,10H2,1-4H3,(H,18,19). The molecule has 20 heavy (non-hydrogen) atoms. The van der Waals surface area contributed by atoms with Gasteiger partial charge in [-0.25, -0.2) is 0 Å². The number of aromatic nitrogens is 1. The van der Waals surface area contributed by atoms with E-state index in [1.165, 1.54) is 0 Å². The molecule has 1 aliphatic carbocycles. The lowest BCUT2D eigenvalue weighted by Crippen LogP contribution is -2.68. The highest BCUT2D eigenvalue weighted by Gasteiger charge is 2.58. The van der Waals surface area contributed by atoms with Gasteiger partial charge in [0, 0.05) is 37.0 Å². The van der Waals surface area contributed by atoms with Gasteiger partial charge in [-0.15, -0.1) is 0 Å². The van der Waals surface area contributed by atoms with Crippen LogP contribution in [0.2, 0.25) is 0 Å². The van der Waals surface area contributed by atoms with Gasteiger partial charge in [-0.2, -0.15) is 0 Å². The highest BCUT2D eigenvalue weighted by atomic mass is 16.5. The Morgan fingerprint density at radius 1 is 1.50 bits per heavy atom. The van der Waals surface area contributed by atoms with Crippen molar-refractivity contribution in [3.8, 4) is 0 Å². The lowest BCUT2D eigenvalue weighted by atomic mass is 9.56. The number of hydrogen-bond acceptors (Lipinski definition) is 3. The van der Waals surface area contributed by atoms with E-state index in [1.807, 2.05) is 12.1 Å². The number of pyridine rings is 1. The summed E-state index contributed by atoms with van der Waals surface area (Å²) in [7, 11) is 1.72. The third-order valence-corrected chi connectivity index (χ3v) is 4.71. The van der Waals surface area contributed by atoms with E-state index in [2.05, 4.69) is 31.1 Å². The molecule has 108 valence electrons. The molecule has 4 nitrogen and oxygen atoms in total. The number of hydrogen-bond donors (Lipinski definition) is 1. The van der Waals surface area contributed by atoms with Crippen LogP contribution < -0.4 is 5.32 Å². The minimum absolute atomic E-state index is 0.0699. The Labute approximate surface area is 120 Å². The van der Waals surface area contributed by atoms with Crippen LogP contribution in [0.3, 0.4) is 0 Å². The zero-order valence-corrected chi connectivity index (χ0v) is 12.5. The molecule has 1 saturated carbocycles. The summed E-state index contributed by atoms with van der Waals surface area (Å²) in [6.45, 7) is 6.33. The van der Waals surface area contributed by atoms with Gasteiger partial charge in [-0.1, -0.05) is 19.9 Å². The van der Waals surface area contributed by atoms with Crippen molar-refractivity contribution in [2.24, 2.45) is 5.41 Å². The van der Waals surface area contributed by atoms with E-state index < -0.39 is 0 Å². The largest absolute Gasteiger partial charge is 0.378 e. The zero-order valence-electron chi connectivity index (χ0n) is 12.5. The summed E-state index contributed by atoms with van der Waals surface area (Å²) >= 11 is 0. The van der Waals surface area contributed by atoms with Crippen molar-refractivity contribution in [2.75, 3.05) is 7.11 Å². The molecule has 1 aliphatic rings. The molecule has 2 unspecified atom stereocenters. The summed E-state index contributed by atoms with van der Waals surface area (Å²) in [6, 6.07) is 3.89. The lowest BCUT2D eigenvalue weighted by molar-refractivity contribution is -0.181. The molecule has 0 aromatic carbocycles. The molecule has 1 aromatic heterocycles. The van der Waals surface area contributed by atoms with E-state index in [-0.39, 0.29) is 23.0 Å². The Bertz CT molecular complexity index is 510. The van der Waals surface area contributed by atoms with Gasteiger partial charge in [0.1, 0.15) is 0 Å². The highest BCUT2D eigenvalue weighted by molar-refractivity contribution is 5.92. The molecule has 0 aliphatic heterocycles. The van der Waals surface area contributed by atoms with Crippen molar-refractivity contribution in [3.63, 3.8) is 0 Å². The Balaban J connectivity index is 1.92. The van der Waals surface area contributed by atoms with Gasteiger partial charge in [0.15, 0.2) is 0 Å². The monoisotopic (exact) mass is 274 g/mol. The summed E-state index contributed by atoms with van der Waals surface area (Å²) in [4.78, 5) is 16.0. The number of nitrogens with zero attached hydrogens (tertiary/aromatic N) is 1. The SMILES string of the molecule is COC1(C)CC(NC(=O)C=Cc2cccnc2)C1(C)C. The third kappa shape index (κ3) is 2.61. The number of nitrogens with one attached hydrogen (secondary N) is 1. The van der Waals surface area contributed by atoms with E-state index in [1.54, 1.807) is 31.7 Å². The summed E-state index contributed by atoms with van der Waals surface area (Å²) in [6.07, 6.45) is 7.58.